The number of carboxylic acids is 2. The van der Waals surface area contributed by atoms with Gasteiger partial charge in [-0.2, -0.15) is 0 Å². The molecule has 0 radical (unpaired) electrons. The SMILES string of the molecule is C=CC[Se]C[C@@H](CC(=O)O)NC(=O)CC[C@H](N)C(=O)O. The Morgan fingerprint density at radius 2 is 2.00 bits per heavy atom. The van der Waals surface area contributed by atoms with E-state index in [0.717, 1.165) is 5.32 Å². The van der Waals surface area contributed by atoms with E-state index in [1.54, 1.807) is 6.08 Å². The molecular formula is C12H20N2O5Se. The van der Waals surface area contributed by atoms with Crippen LogP contribution in [0.25, 0.3) is 0 Å². The number of aliphatic carboxylic acids is 2. The molecule has 2 atom stereocenters. The summed E-state index contributed by atoms with van der Waals surface area (Å²) in [5, 5.41) is 21.4. The first-order chi connectivity index (χ1) is 9.36. The third-order valence-corrected chi connectivity index (χ3v) is 4.67. The van der Waals surface area contributed by atoms with Gasteiger partial charge in [0, 0.05) is 0 Å². The van der Waals surface area contributed by atoms with Crippen molar-refractivity contribution in [1.29, 1.82) is 0 Å². The average Bonchev–Trinajstić information content (AvgIpc) is 2.35. The second-order valence-electron chi connectivity index (χ2n) is 4.17. The molecular weight excluding hydrogens is 331 g/mol. The van der Waals surface area contributed by atoms with Gasteiger partial charge in [0.15, 0.2) is 0 Å². The Morgan fingerprint density at radius 3 is 2.50 bits per heavy atom. The standard InChI is InChI=1S/C12H20N2O5Se/c1-2-5-20-7-8(6-11(16)17)14-10(15)4-3-9(13)12(18)19/h2,8-9H,1,3-7,13H2,(H,14,15)(H,16,17)(H,18,19)/t8-,9+/m1/s1. The van der Waals surface area contributed by atoms with Gasteiger partial charge >= 0.3 is 123 Å². The van der Waals surface area contributed by atoms with E-state index in [0.29, 0.717) is 5.32 Å². The third-order valence-electron chi connectivity index (χ3n) is 2.34. The first kappa shape index (κ1) is 18.6. The van der Waals surface area contributed by atoms with E-state index in [1.807, 2.05) is 0 Å². The molecule has 0 aliphatic carbocycles. The summed E-state index contributed by atoms with van der Waals surface area (Å²) in [6.07, 6.45) is 1.61. The number of amides is 1. The van der Waals surface area contributed by atoms with Crippen molar-refractivity contribution in [3.05, 3.63) is 12.7 Å². The molecule has 0 heterocycles. The number of allylic oxidation sites excluding steroid dienone is 1. The molecule has 0 aromatic rings. The molecule has 0 unspecified atom stereocenters. The maximum atomic E-state index is 11.6. The Kier molecular flexibility index (Phi) is 9.71. The summed E-state index contributed by atoms with van der Waals surface area (Å²) in [6, 6.07) is -1.51. The Labute approximate surface area is 123 Å². The van der Waals surface area contributed by atoms with Crippen LogP contribution in [0.15, 0.2) is 12.7 Å². The van der Waals surface area contributed by atoms with Crippen LogP contribution in [0, 0.1) is 0 Å². The summed E-state index contributed by atoms with van der Waals surface area (Å²) in [6.45, 7) is 3.59. The van der Waals surface area contributed by atoms with Crippen molar-refractivity contribution in [2.45, 2.75) is 42.0 Å². The number of carbonyl (C=O) groups is 3. The second-order valence-corrected chi connectivity index (χ2v) is 6.43. The number of carbonyl (C=O) groups excluding carboxylic acids is 1. The van der Waals surface area contributed by atoms with Crippen LogP contribution in [-0.2, 0) is 14.4 Å². The predicted molar refractivity (Wildman–Crippen MR) is 74.6 cm³/mol. The van der Waals surface area contributed by atoms with Crippen LogP contribution in [0.3, 0.4) is 0 Å². The quantitative estimate of drug-likeness (QED) is 0.233. The fourth-order valence-corrected chi connectivity index (χ4v) is 3.02. The number of hydrogen-bond donors (Lipinski definition) is 4. The van der Waals surface area contributed by atoms with E-state index < -0.39 is 24.0 Å². The third kappa shape index (κ3) is 9.55. The van der Waals surface area contributed by atoms with E-state index >= 15 is 0 Å². The molecule has 7 nitrogen and oxygen atoms in total. The molecule has 0 spiro atoms. The molecule has 0 aromatic carbocycles. The Morgan fingerprint density at radius 1 is 1.35 bits per heavy atom. The van der Waals surface area contributed by atoms with E-state index in [-0.39, 0.29) is 40.1 Å². The molecule has 114 valence electrons. The van der Waals surface area contributed by atoms with Gasteiger partial charge in [-0.3, -0.25) is 0 Å². The monoisotopic (exact) mass is 352 g/mol. The van der Waals surface area contributed by atoms with E-state index in [2.05, 4.69) is 11.9 Å². The first-order valence-electron chi connectivity index (χ1n) is 6.05. The minimum absolute atomic E-state index is 0.0265. The number of nitrogens with one attached hydrogen (secondary N) is 1. The van der Waals surface area contributed by atoms with Gasteiger partial charge in [0.25, 0.3) is 0 Å². The fourth-order valence-electron chi connectivity index (χ4n) is 1.37. The van der Waals surface area contributed by atoms with Gasteiger partial charge < -0.3 is 0 Å². The Balaban J connectivity index is 4.19. The van der Waals surface area contributed by atoms with E-state index in [4.69, 9.17) is 15.9 Å². The van der Waals surface area contributed by atoms with Crippen molar-refractivity contribution in [3.8, 4) is 0 Å². The molecule has 0 aliphatic rings. The molecule has 0 rings (SSSR count). The normalized spacial score (nSPS) is 13.2. The molecule has 0 aromatic heterocycles. The van der Waals surface area contributed by atoms with Crippen LogP contribution in [-0.4, -0.2) is 55.1 Å². The summed E-state index contributed by atoms with van der Waals surface area (Å²) >= 11 is 0.187. The molecule has 0 saturated heterocycles. The van der Waals surface area contributed by atoms with Gasteiger partial charge in [-0.15, -0.1) is 0 Å². The number of carboxylic acid groups (broad SMARTS) is 2. The summed E-state index contributed by atoms with van der Waals surface area (Å²) < 4.78 is 0. The number of nitrogens with two attached hydrogens (primary N) is 1. The predicted octanol–water partition coefficient (Wildman–Crippen LogP) is -0.135. The van der Waals surface area contributed by atoms with Crippen LogP contribution < -0.4 is 11.1 Å². The zero-order chi connectivity index (χ0) is 15.5. The summed E-state index contributed by atoms with van der Waals surface area (Å²) in [7, 11) is 0. The van der Waals surface area contributed by atoms with Gasteiger partial charge in [-0.25, -0.2) is 0 Å². The molecule has 0 bridgehead atoms. The zero-order valence-corrected chi connectivity index (χ0v) is 12.8. The van der Waals surface area contributed by atoms with E-state index in [1.165, 1.54) is 0 Å². The summed E-state index contributed by atoms with van der Waals surface area (Å²) in [5.74, 6) is -2.51. The van der Waals surface area contributed by atoms with Crippen molar-refractivity contribution in [2.24, 2.45) is 5.73 Å². The van der Waals surface area contributed by atoms with Crippen molar-refractivity contribution >= 4 is 32.8 Å². The van der Waals surface area contributed by atoms with Crippen molar-refractivity contribution in [2.75, 3.05) is 0 Å². The van der Waals surface area contributed by atoms with Gasteiger partial charge in [-0.1, -0.05) is 0 Å². The van der Waals surface area contributed by atoms with Crippen LogP contribution in [0.1, 0.15) is 19.3 Å². The Hall–Kier alpha value is -1.37. The average molecular weight is 351 g/mol. The van der Waals surface area contributed by atoms with E-state index in [9.17, 15) is 14.4 Å². The van der Waals surface area contributed by atoms with Gasteiger partial charge in [0.1, 0.15) is 0 Å². The minimum atomic E-state index is -1.16. The summed E-state index contributed by atoms with van der Waals surface area (Å²) in [4.78, 5) is 32.9. The van der Waals surface area contributed by atoms with Gasteiger partial charge in [0.05, 0.1) is 0 Å². The molecule has 0 aliphatic heterocycles. The van der Waals surface area contributed by atoms with Crippen molar-refractivity contribution in [1.82, 2.24) is 5.32 Å². The van der Waals surface area contributed by atoms with Crippen LogP contribution in [0.4, 0.5) is 0 Å². The van der Waals surface area contributed by atoms with Crippen LogP contribution in [0.5, 0.6) is 0 Å². The number of hydrogen-bond acceptors (Lipinski definition) is 4. The Bertz CT molecular complexity index is 362. The first-order valence-corrected chi connectivity index (χ1v) is 8.47. The van der Waals surface area contributed by atoms with Crippen LogP contribution in [0.2, 0.25) is 10.6 Å². The topological polar surface area (TPSA) is 130 Å². The maximum absolute atomic E-state index is 11.6. The molecule has 20 heavy (non-hydrogen) atoms. The second kappa shape index (κ2) is 10.4. The van der Waals surface area contributed by atoms with Gasteiger partial charge in [0.2, 0.25) is 0 Å². The number of rotatable bonds is 11. The van der Waals surface area contributed by atoms with Crippen molar-refractivity contribution in [3.63, 3.8) is 0 Å². The molecule has 0 saturated carbocycles. The summed E-state index contributed by atoms with van der Waals surface area (Å²) in [5.41, 5.74) is 5.29. The molecule has 1 amide bonds. The molecule has 8 heteroatoms. The molecule has 5 N–H and O–H groups in total. The fraction of sp³-hybridized carbons (Fsp3) is 0.583. The molecule has 0 fully saturated rings. The zero-order valence-electron chi connectivity index (χ0n) is 11.1. The van der Waals surface area contributed by atoms with Gasteiger partial charge in [-0.05, 0) is 0 Å². The van der Waals surface area contributed by atoms with Crippen molar-refractivity contribution < 1.29 is 24.6 Å². The van der Waals surface area contributed by atoms with Crippen LogP contribution >= 0.6 is 0 Å².